The summed E-state index contributed by atoms with van der Waals surface area (Å²) < 4.78 is 34.2. The minimum atomic E-state index is -3.89. The Balaban J connectivity index is 1.52. The van der Waals surface area contributed by atoms with Crippen LogP contribution in [0.15, 0.2) is 95.9 Å². The predicted octanol–water partition coefficient (Wildman–Crippen LogP) is 7.37. The zero-order valence-electron chi connectivity index (χ0n) is 20.2. The molecule has 0 heterocycles. The summed E-state index contributed by atoms with van der Waals surface area (Å²) in [6.07, 6.45) is 0. The number of ether oxygens (including phenoxy) is 1. The third-order valence-corrected chi connectivity index (χ3v) is 8.43. The predicted molar refractivity (Wildman–Crippen MR) is 153 cm³/mol. The maximum Gasteiger partial charge on any atom is 0.264 e. The zero-order chi connectivity index (χ0) is 27.3. The molecule has 0 atom stereocenters. The van der Waals surface area contributed by atoms with Gasteiger partial charge in [0.05, 0.1) is 32.9 Å². The lowest BCUT2D eigenvalue weighted by atomic mass is 10.2. The van der Waals surface area contributed by atoms with E-state index in [0.29, 0.717) is 27.2 Å². The number of nitrogens with one attached hydrogen (secondary N) is 1. The molecule has 10 heteroatoms. The van der Waals surface area contributed by atoms with Crippen LogP contribution >= 0.6 is 34.8 Å². The fraction of sp³-hybridized carbons (Fsp3) is 0.107. The van der Waals surface area contributed by atoms with Crippen molar-refractivity contribution in [2.75, 3.05) is 16.2 Å². The van der Waals surface area contributed by atoms with Crippen LogP contribution in [-0.4, -0.2) is 20.9 Å². The Bertz CT molecular complexity index is 1530. The average Bonchev–Trinajstić information content (AvgIpc) is 2.90. The Morgan fingerprint density at radius 2 is 1.53 bits per heavy atom. The maximum atomic E-state index is 13.6. The molecule has 4 aromatic carbocycles. The summed E-state index contributed by atoms with van der Waals surface area (Å²) in [7, 11) is -3.89. The molecule has 0 spiro atoms. The highest BCUT2D eigenvalue weighted by Crippen LogP contribution is 2.30. The van der Waals surface area contributed by atoms with E-state index in [1.807, 2.05) is 6.92 Å². The average molecular weight is 590 g/mol. The molecular weight excluding hydrogens is 567 g/mol. The van der Waals surface area contributed by atoms with Crippen molar-refractivity contribution in [3.8, 4) is 5.75 Å². The van der Waals surface area contributed by atoms with Crippen LogP contribution in [0.1, 0.15) is 11.1 Å². The van der Waals surface area contributed by atoms with E-state index in [4.69, 9.17) is 39.5 Å². The quantitative estimate of drug-likeness (QED) is 0.221. The van der Waals surface area contributed by atoms with E-state index < -0.39 is 15.9 Å². The monoisotopic (exact) mass is 588 g/mol. The molecule has 196 valence electrons. The summed E-state index contributed by atoms with van der Waals surface area (Å²) >= 11 is 18.1. The largest absolute Gasteiger partial charge is 0.484 e. The number of hydrogen-bond donors (Lipinski definition) is 1. The number of rotatable bonds is 9. The molecule has 0 radical (unpaired) electrons. The molecule has 0 saturated heterocycles. The number of amides is 1. The molecule has 0 aliphatic rings. The number of sulfonamides is 1. The van der Waals surface area contributed by atoms with Crippen molar-refractivity contribution in [3.63, 3.8) is 0 Å². The molecule has 38 heavy (non-hydrogen) atoms. The van der Waals surface area contributed by atoms with Gasteiger partial charge in [-0.25, -0.2) is 8.42 Å². The van der Waals surface area contributed by atoms with Gasteiger partial charge in [0.15, 0.2) is 6.61 Å². The molecule has 0 aromatic heterocycles. The summed E-state index contributed by atoms with van der Waals surface area (Å²) in [5.74, 6) is -0.0372. The maximum absolute atomic E-state index is 13.6. The van der Waals surface area contributed by atoms with Gasteiger partial charge in [-0.3, -0.25) is 9.10 Å². The molecule has 0 saturated carbocycles. The highest BCUT2D eigenvalue weighted by molar-refractivity contribution is 7.92. The van der Waals surface area contributed by atoms with Crippen molar-refractivity contribution in [1.29, 1.82) is 0 Å². The molecule has 0 unspecified atom stereocenters. The third-order valence-electron chi connectivity index (χ3n) is 5.57. The van der Waals surface area contributed by atoms with Crippen molar-refractivity contribution in [3.05, 3.63) is 117 Å². The van der Waals surface area contributed by atoms with Crippen molar-refractivity contribution in [2.45, 2.75) is 18.4 Å². The summed E-state index contributed by atoms with van der Waals surface area (Å²) in [5, 5.41) is 3.77. The Morgan fingerprint density at radius 3 is 2.18 bits per heavy atom. The van der Waals surface area contributed by atoms with Gasteiger partial charge in [0.25, 0.3) is 15.9 Å². The molecule has 0 bridgehead atoms. The second-order valence-electron chi connectivity index (χ2n) is 8.38. The van der Waals surface area contributed by atoms with Crippen LogP contribution < -0.4 is 14.4 Å². The molecule has 1 amide bonds. The SMILES string of the molecule is Cc1ccc(S(=O)(=O)N(Cc2ccc(Cl)cc2)c2ccc(OCC(=O)Nc3cccc(Cl)c3Cl)cc2)cc1. The molecule has 0 fully saturated rings. The van der Waals surface area contributed by atoms with Gasteiger partial charge in [-0.1, -0.05) is 70.7 Å². The van der Waals surface area contributed by atoms with Gasteiger partial charge in [0, 0.05) is 5.02 Å². The first kappa shape index (κ1) is 27.8. The first-order valence-electron chi connectivity index (χ1n) is 11.4. The lowest BCUT2D eigenvalue weighted by Crippen LogP contribution is -2.30. The highest BCUT2D eigenvalue weighted by atomic mass is 35.5. The topological polar surface area (TPSA) is 75.7 Å². The molecule has 1 N–H and O–H groups in total. The number of aryl methyl sites for hydroxylation is 1. The van der Waals surface area contributed by atoms with Crippen molar-refractivity contribution >= 4 is 62.1 Å². The van der Waals surface area contributed by atoms with E-state index in [9.17, 15) is 13.2 Å². The Labute approximate surface area is 236 Å². The number of anilines is 2. The number of carbonyl (C=O) groups is 1. The molecule has 0 aliphatic heterocycles. The van der Waals surface area contributed by atoms with E-state index in [1.165, 1.54) is 4.31 Å². The first-order chi connectivity index (χ1) is 18.1. The van der Waals surface area contributed by atoms with Crippen LogP contribution in [0, 0.1) is 6.92 Å². The lowest BCUT2D eigenvalue weighted by Gasteiger charge is -2.25. The second kappa shape index (κ2) is 12.1. The molecule has 6 nitrogen and oxygen atoms in total. The minimum Gasteiger partial charge on any atom is -0.484 e. The Morgan fingerprint density at radius 1 is 0.868 bits per heavy atom. The summed E-state index contributed by atoms with van der Waals surface area (Å²) in [4.78, 5) is 12.5. The van der Waals surface area contributed by atoms with Gasteiger partial charge in [-0.2, -0.15) is 0 Å². The first-order valence-corrected chi connectivity index (χ1v) is 14.0. The van der Waals surface area contributed by atoms with E-state index in [1.54, 1.807) is 91.0 Å². The van der Waals surface area contributed by atoms with Crippen LogP contribution in [-0.2, 0) is 21.4 Å². The van der Waals surface area contributed by atoms with Crippen molar-refractivity contribution in [2.24, 2.45) is 0 Å². The van der Waals surface area contributed by atoms with E-state index >= 15 is 0 Å². The van der Waals surface area contributed by atoms with Crippen LogP contribution in [0.25, 0.3) is 0 Å². The van der Waals surface area contributed by atoms with E-state index in [0.717, 1.165) is 11.1 Å². The molecular formula is C28H23Cl3N2O4S. The summed E-state index contributed by atoms with van der Waals surface area (Å²) in [6, 6.07) is 25.1. The number of benzene rings is 4. The number of carbonyl (C=O) groups excluding carboxylic acids is 1. The molecule has 4 aromatic rings. The van der Waals surface area contributed by atoms with Gasteiger partial charge in [0.1, 0.15) is 5.75 Å². The second-order valence-corrected chi connectivity index (χ2v) is 11.5. The standard InChI is InChI=1S/C28H23Cl3N2O4S/c1-19-5-15-24(16-6-19)38(35,36)33(17-20-7-9-21(29)10-8-20)22-11-13-23(14-12-22)37-18-27(34)32-26-4-2-3-25(30)28(26)31/h2-16H,17-18H2,1H3,(H,32,34). The van der Waals surface area contributed by atoms with E-state index in [-0.39, 0.29) is 23.1 Å². The molecule has 0 aliphatic carbocycles. The Hall–Kier alpha value is -3.23. The number of halogens is 3. The van der Waals surface area contributed by atoms with Gasteiger partial charge in [0.2, 0.25) is 0 Å². The Kier molecular flexibility index (Phi) is 8.84. The van der Waals surface area contributed by atoms with Gasteiger partial charge in [-0.15, -0.1) is 0 Å². The summed E-state index contributed by atoms with van der Waals surface area (Å²) in [6.45, 7) is 1.71. The van der Waals surface area contributed by atoms with Crippen molar-refractivity contribution < 1.29 is 17.9 Å². The normalized spacial score (nSPS) is 11.2. The third kappa shape index (κ3) is 6.79. The minimum absolute atomic E-state index is 0.0936. The fourth-order valence-electron chi connectivity index (χ4n) is 3.55. The van der Waals surface area contributed by atoms with Gasteiger partial charge < -0.3 is 10.1 Å². The van der Waals surface area contributed by atoms with Crippen LogP contribution in [0.4, 0.5) is 11.4 Å². The smallest absolute Gasteiger partial charge is 0.264 e. The van der Waals surface area contributed by atoms with Crippen LogP contribution in [0.5, 0.6) is 5.75 Å². The molecule has 4 rings (SSSR count). The van der Waals surface area contributed by atoms with E-state index in [2.05, 4.69) is 5.32 Å². The van der Waals surface area contributed by atoms with Gasteiger partial charge >= 0.3 is 0 Å². The highest BCUT2D eigenvalue weighted by Gasteiger charge is 2.25. The number of nitrogens with zero attached hydrogens (tertiary/aromatic N) is 1. The van der Waals surface area contributed by atoms with Gasteiger partial charge in [-0.05, 0) is 73.2 Å². The number of hydrogen-bond acceptors (Lipinski definition) is 4. The summed E-state index contributed by atoms with van der Waals surface area (Å²) in [5.41, 5.74) is 2.53. The van der Waals surface area contributed by atoms with Crippen LogP contribution in [0.3, 0.4) is 0 Å². The lowest BCUT2D eigenvalue weighted by molar-refractivity contribution is -0.118. The van der Waals surface area contributed by atoms with Crippen LogP contribution in [0.2, 0.25) is 15.1 Å². The zero-order valence-corrected chi connectivity index (χ0v) is 23.3. The van der Waals surface area contributed by atoms with Crippen molar-refractivity contribution in [1.82, 2.24) is 0 Å². The fourth-order valence-corrected chi connectivity index (χ4v) is 5.48.